The van der Waals surface area contributed by atoms with E-state index >= 15 is 0 Å². The predicted octanol–water partition coefficient (Wildman–Crippen LogP) is 11.8. The number of hydrogen-bond donors (Lipinski definition) is 0. The molecule has 0 saturated heterocycles. The van der Waals surface area contributed by atoms with Crippen LogP contribution in [-0.4, -0.2) is 0 Å². The molecule has 0 fully saturated rings. The van der Waals surface area contributed by atoms with Gasteiger partial charge in [0.05, 0.1) is 16.8 Å². The fraction of sp³-hybridized carbons (Fsp3) is 0. The summed E-state index contributed by atoms with van der Waals surface area (Å²) >= 11 is 0. The van der Waals surface area contributed by atoms with Crippen LogP contribution < -0.4 is 4.90 Å². The highest BCUT2D eigenvalue weighted by Crippen LogP contribution is 2.47. The lowest BCUT2D eigenvalue weighted by Gasteiger charge is -2.28. The van der Waals surface area contributed by atoms with Gasteiger partial charge in [0.2, 0.25) is 0 Å². The van der Waals surface area contributed by atoms with Gasteiger partial charge in [0.1, 0.15) is 22.3 Å². The molecular weight excluding hydrogens is 526 g/mol. The van der Waals surface area contributed by atoms with Gasteiger partial charge in [-0.2, -0.15) is 0 Å². The molecule has 43 heavy (non-hydrogen) atoms. The van der Waals surface area contributed by atoms with Crippen LogP contribution in [-0.2, 0) is 0 Å². The van der Waals surface area contributed by atoms with Gasteiger partial charge in [0.25, 0.3) is 0 Å². The van der Waals surface area contributed by atoms with Crippen LogP contribution in [0.5, 0.6) is 0 Å². The quantitative estimate of drug-likeness (QED) is 0.218. The molecule has 0 N–H and O–H groups in total. The van der Waals surface area contributed by atoms with E-state index in [1.54, 1.807) is 0 Å². The first-order valence-corrected chi connectivity index (χ1v) is 14.5. The van der Waals surface area contributed by atoms with Crippen molar-refractivity contribution in [2.75, 3.05) is 4.90 Å². The Balaban J connectivity index is 1.37. The van der Waals surface area contributed by atoms with Gasteiger partial charge in [-0.15, -0.1) is 0 Å². The molecule has 0 aliphatic rings. The molecule has 0 aliphatic carbocycles. The lowest BCUT2D eigenvalue weighted by atomic mass is 9.99. The van der Waals surface area contributed by atoms with Gasteiger partial charge in [0, 0.05) is 33.3 Å². The van der Waals surface area contributed by atoms with Crippen molar-refractivity contribution >= 4 is 71.7 Å². The molecule has 9 aromatic rings. The number of para-hydroxylation sites is 2. The molecule has 0 radical (unpaired) electrons. The summed E-state index contributed by atoms with van der Waals surface area (Å²) in [5, 5.41) is 6.75. The maximum absolute atomic E-state index is 6.50. The van der Waals surface area contributed by atoms with Crippen LogP contribution in [0.25, 0.3) is 65.8 Å². The zero-order chi connectivity index (χ0) is 28.3. The van der Waals surface area contributed by atoms with Crippen LogP contribution in [0.15, 0.2) is 160 Å². The third kappa shape index (κ3) is 3.68. The summed E-state index contributed by atoms with van der Waals surface area (Å²) in [5.74, 6) is 0. The molecule has 3 heteroatoms. The molecule has 0 saturated carbocycles. The van der Waals surface area contributed by atoms with Crippen molar-refractivity contribution in [1.82, 2.24) is 0 Å². The summed E-state index contributed by atoms with van der Waals surface area (Å²) in [5.41, 5.74) is 9.01. The normalized spacial score (nSPS) is 11.7. The van der Waals surface area contributed by atoms with Crippen LogP contribution in [0.3, 0.4) is 0 Å². The molecule has 3 nitrogen and oxygen atoms in total. The minimum atomic E-state index is 0.860. The monoisotopic (exact) mass is 551 g/mol. The van der Waals surface area contributed by atoms with Gasteiger partial charge < -0.3 is 13.7 Å². The van der Waals surface area contributed by atoms with E-state index in [9.17, 15) is 0 Å². The van der Waals surface area contributed by atoms with Gasteiger partial charge in [0.15, 0.2) is 0 Å². The average Bonchev–Trinajstić information content (AvgIpc) is 3.64. The zero-order valence-corrected chi connectivity index (χ0v) is 23.2. The number of rotatable bonds is 4. The Kier molecular flexibility index (Phi) is 5.20. The molecule has 9 rings (SSSR count). The predicted molar refractivity (Wildman–Crippen MR) is 179 cm³/mol. The molecule has 0 bridgehead atoms. The Morgan fingerprint density at radius 3 is 1.65 bits per heavy atom. The third-order valence-electron chi connectivity index (χ3n) is 8.46. The summed E-state index contributed by atoms with van der Waals surface area (Å²) in [7, 11) is 0. The summed E-state index contributed by atoms with van der Waals surface area (Å²) in [4.78, 5) is 2.36. The molecule has 2 aromatic heterocycles. The Morgan fingerprint density at radius 1 is 0.349 bits per heavy atom. The first kappa shape index (κ1) is 23.9. The first-order chi connectivity index (χ1) is 21.3. The van der Waals surface area contributed by atoms with Crippen molar-refractivity contribution in [1.29, 1.82) is 0 Å². The van der Waals surface area contributed by atoms with E-state index in [0.29, 0.717) is 0 Å². The molecule has 202 valence electrons. The van der Waals surface area contributed by atoms with Crippen molar-refractivity contribution in [3.63, 3.8) is 0 Å². The highest BCUT2D eigenvalue weighted by atomic mass is 16.3. The number of anilines is 3. The summed E-state index contributed by atoms with van der Waals surface area (Å²) < 4.78 is 12.8. The smallest absolute Gasteiger partial charge is 0.138 e. The van der Waals surface area contributed by atoms with Crippen molar-refractivity contribution in [2.24, 2.45) is 0 Å². The van der Waals surface area contributed by atoms with E-state index in [1.165, 1.54) is 11.1 Å². The van der Waals surface area contributed by atoms with E-state index in [-0.39, 0.29) is 0 Å². The summed E-state index contributed by atoms with van der Waals surface area (Å²) in [6, 6.07) is 53.0. The second kappa shape index (κ2) is 9.37. The fourth-order valence-electron chi connectivity index (χ4n) is 6.54. The highest BCUT2D eigenvalue weighted by molar-refractivity contribution is 6.23. The second-order valence-corrected chi connectivity index (χ2v) is 10.9. The van der Waals surface area contributed by atoms with Crippen LogP contribution >= 0.6 is 0 Å². The van der Waals surface area contributed by atoms with E-state index in [2.05, 4.69) is 132 Å². The zero-order valence-electron chi connectivity index (χ0n) is 23.2. The van der Waals surface area contributed by atoms with Crippen molar-refractivity contribution < 1.29 is 8.83 Å². The van der Waals surface area contributed by atoms with Gasteiger partial charge in [-0.1, -0.05) is 109 Å². The maximum Gasteiger partial charge on any atom is 0.138 e. The molecular formula is C40H25NO2. The number of furan rings is 2. The fourth-order valence-corrected chi connectivity index (χ4v) is 6.54. The van der Waals surface area contributed by atoms with E-state index in [0.717, 1.165) is 71.7 Å². The lowest BCUT2D eigenvalue weighted by molar-refractivity contribution is 0.669. The molecule has 0 spiro atoms. The molecule has 7 aromatic carbocycles. The van der Waals surface area contributed by atoms with Gasteiger partial charge in [-0.25, -0.2) is 0 Å². The van der Waals surface area contributed by atoms with Crippen LogP contribution in [0.1, 0.15) is 0 Å². The summed E-state index contributed by atoms with van der Waals surface area (Å²) in [6.45, 7) is 0. The van der Waals surface area contributed by atoms with Crippen LogP contribution in [0.4, 0.5) is 17.1 Å². The van der Waals surface area contributed by atoms with E-state index < -0.39 is 0 Å². The Hall–Kier alpha value is -5.80. The Labute approximate surface area is 247 Å². The topological polar surface area (TPSA) is 29.5 Å². The lowest BCUT2D eigenvalue weighted by Crippen LogP contribution is -2.11. The molecule has 0 atom stereocenters. The highest BCUT2D eigenvalue weighted by Gasteiger charge is 2.23. The number of benzene rings is 7. The minimum absolute atomic E-state index is 0.860. The van der Waals surface area contributed by atoms with Gasteiger partial charge in [-0.05, 0) is 52.9 Å². The van der Waals surface area contributed by atoms with E-state index in [4.69, 9.17) is 8.83 Å². The molecule has 0 unspecified atom stereocenters. The van der Waals surface area contributed by atoms with E-state index in [1.807, 2.05) is 24.3 Å². The molecule has 2 heterocycles. The standard InChI is InChI=1S/C40H25NO2/c1-2-11-26(12-3-1)27-21-23-28(24-22-27)41(33-17-10-20-37-40(33)32-16-7-9-19-36(32)42-37)34-25-38-39(30-14-5-4-13-29(30)34)31-15-6-8-18-35(31)43-38/h1-25H. The largest absolute Gasteiger partial charge is 0.456 e. The average molecular weight is 552 g/mol. The van der Waals surface area contributed by atoms with Crippen molar-refractivity contribution in [2.45, 2.75) is 0 Å². The van der Waals surface area contributed by atoms with Crippen molar-refractivity contribution in [3.05, 3.63) is 152 Å². The number of fused-ring (bicyclic) bond motifs is 8. The molecule has 0 amide bonds. The Morgan fingerprint density at radius 2 is 0.907 bits per heavy atom. The third-order valence-corrected chi connectivity index (χ3v) is 8.46. The van der Waals surface area contributed by atoms with Gasteiger partial charge in [-0.3, -0.25) is 0 Å². The van der Waals surface area contributed by atoms with Gasteiger partial charge >= 0.3 is 0 Å². The maximum atomic E-state index is 6.50. The van der Waals surface area contributed by atoms with Crippen molar-refractivity contribution in [3.8, 4) is 11.1 Å². The Bertz CT molecular complexity index is 2450. The minimum Gasteiger partial charge on any atom is -0.456 e. The number of nitrogens with zero attached hydrogens (tertiary/aromatic N) is 1. The molecule has 0 aliphatic heterocycles. The SMILES string of the molecule is c1ccc(-c2ccc(N(c3cc4oc5ccccc5c4c4ccccc34)c3cccc4oc5ccccc5c34)cc2)cc1. The van der Waals surface area contributed by atoms with Crippen LogP contribution in [0, 0.1) is 0 Å². The second-order valence-electron chi connectivity index (χ2n) is 10.9. The van der Waals surface area contributed by atoms with Crippen LogP contribution in [0.2, 0.25) is 0 Å². The summed E-state index contributed by atoms with van der Waals surface area (Å²) in [6.07, 6.45) is 0. The first-order valence-electron chi connectivity index (χ1n) is 14.5. The number of hydrogen-bond acceptors (Lipinski definition) is 3.